The Kier molecular flexibility index (Phi) is 7.25. The van der Waals surface area contributed by atoms with Gasteiger partial charge in [-0.25, -0.2) is 0 Å². The molecule has 1 aromatic rings. The molecule has 4 rings (SSSR count). The van der Waals surface area contributed by atoms with E-state index < -0.39 is 0 Å². The molecule has 0 amide bonds. The summed E-state index contributed by atoms with van der Waals surface area (Å²) in [5.74, 6) is 3.95. The van der Waals surface area contributed by atoms with Crippen LogP contribution in [0.25, 0.3) is 0 Å². The Balaban J connectivity index is 1.49. The van der Waals surface area contributed by atoms with Crippen LogP contribution >= 0.6 is 12.2 Å². The Bertz CT molecular complexity index is 710. The van der Waals surface area contributed by atoms with Gasteiger partial charge in [-0.1, -0.05) is 13.8 Å². The van der Waals surface area contributed by atoms with Gasteiger partial charge in [-0.15, -0.1) is 0 Å². The van der Waals surface area contributed by atoms with Gasteiger partial charge >= 0.3 is 0 Å². The number of aromatic nitrogens is 2. The van der Waals surface area contributed by atoms with Crippen molar-refractivity contribution in [2.45, 2.75) is 58.5 Å². The lowest BCUT2D eigenvalue weighted by Crippen LogP contribution is -2.40. The molecule has 0 aromatic carbocycles. The fraction of sp³-hybridized carbons (Fsp3) is 0.773. The third-order valence-corrected chi connectivity index (χ3v) is 6.56. The van der Waals surface area contributed by atoms with Gasteiger partial charge in [0.2, 0.25) is 5.95 Å². The fourth-order valence-electron chi connectivity index (χ4n) is 4.93. The predicted molar refractivity (Wildman–Crippen MR) is 126 cm³/mol. The smallest absolute Gasteiger partial charge is 0.232 e. The number of anilines is 3. The predicted octanol–water partition coefficient (Wildman–Crippen LogP) is 3.41. The summed E-state index contributed by atoms with van der Waals surface area (Å²) in [6.07, 6.45) is 7.50. The van der Waals surface area contributed by atoms with Crippen LogP contribution in [0.3, 0.4) is 0 Å². The number of piperidine rings is 2. The summed E-state index contributed by atoms with van der Waals surface area (Å²) in [4.78, 5) is 14.5. The highest BCUT2D eigenvalue weighted by molar-refractivity contribution is 7.80. The second kappa shape index (κ2) is 10.1. The van der Waals surface area contributed by atoms with Crippen LogP contribution in [0, 0.1) is 11.8 Å². The van der Waals surface area contributed by atoms with E-state index in [2.05, 4.69) is 40.3 Å². The molecule has 0 radical (unpaired) electrons. The second-order valence-corrected chi connectivity index (χ2v) is 9.68. The zero-order valence-corrected chi connectivity index (χ0v) is 19.2. The average Bonchev–Trinajstić information content (AvgIpc) is 3.26. The Hall–Kier alpha value is -1.67. The van der Waals surface area contributed by atoms with Gasteiger partial charge in [-0.05, 0) is 62.6 Å². The normalized spacial score (nSPS) is 27.2. The Morgan fingerprint density at radius 1 is 1.07 bits per heavy atom. The monoisotopic (exact) mass is 432 g/mol. The van der Waals surface area contributed by atoms with Crippen LogP contribution in [0.1, 0.15) is 52.4 Å². The number of thiocarbonyl (C=S) groups is 1. The van der Waals surface area contributed by atoms with Crippen molar-refractivity contribution in [3.8, 4) is 0 Å². The van der Waals surface area contributed by atoms with Crippen LogP contribution in [0.5, 0.6) is 0 Å². The molecule has 1 aromatic heterocycles. The molecule has 3 saturated heterocycles. The van der Waals surface area contributed by atoms with Gasteiger partial charge in [0.25, 0.3) is 0 Å². The SMILES string of the molecule is C[C@@H]1C[C@@H](C)CN(c2cc(N3CCCCC3)nc(NC(=S)NC[C@H]3CCCO3)n2)C1. The number of ether oxygens (including phenoxy) is 1. The van der Waals surface area contributed by atoms with Crippen LogP contribution in [0.15, 0.2) is 6.07 Å². The summed E-state index contributed by atoms with van der Waals surface area (Å²) in [5.41, 5.74) is 0. The molecular formula is C22H36N6OS. The van der Waals surface area contributed by atoms with Gasteiger partial charge in [0.1, 0.15) is 11.6 Å². The Morgan fingerprint density at radius 3 is 2.43 bits per heavy atom. The molecule has 0 bridgehead atoms. The molecule has 0 aliphatic carbocycles. The molecule has 0 saturated carbocycles. The van der Waals surface area contributed by atoms with Crippen molar-refractivity contribution in [3.63, 3.8) is 0 Å². The van der Waals surface area contributed by atoms with Crippen LogP contribution in [-0.4, -0.2) is 60.5 Å². The Labute approximate surface area is 186 Å². The van der Waals surface area contributed by atoms with Gasteiger partial charge in [0.05, 0.1) is 6.10 Å². The van der Waals surface area contributed by atoms with Crippen LogP contribution in [0.4, 0.5) is 17.6 Å². The van der Waals surface area contributed by atoms with E-state index in [0.29, 0.717) is 22.9 Å². The maximum atomic E-state index is 5.68. The third-order valence-electron chi connectivity index (χ3n) is 6.31. The molecule has 4 heterocycles. The van der Waals surface area contributed by atoms with E-state index in [1.165, 1.54) is 25.7 Å². The minimum Gasteiger partial charge on any atom is -0.376 e. The molecule has 0 unspecified atom stereocenters. The molecule has 3 aliphatic rings. The Morgan fingerprint density at radius 2 is 1.77 bits per heavy atom. The molecule has 166 valence electrons. The van der Waals surface area contributed by atoms with Crippen molar-refractivity contribution < 1.29 is 4.74 Å². The van der Waals surface area contributed by atoms with Crippen molar-refractivity contribution in [1.82, 2.24) is 15.3 Å². The summed E-state index contributed by atoms with van der Waals surface area (Å²) in [6, 6.07) is 2.17. The molecule has 30 heavy (non-hydrogen) atoms. The van der Waals surface area contributed by atoms with E-state index in [9.17, 15) is 0 Å². The summed E-state index contributed by atoms with van der Waals surface area (Å²) in [6.45, 7) is 10.4. The summed E-state index contributed by atoms with van der Waals surface area (Å²) in [5, 5.41) is 7.07. The van der Waals surface area contributed by atoms with Crippen molar-refractivity contribution >= 4 is 34.9 Å². The second-order valence-electron chi connectivity index (χ2n) is 9.28. The lowest BCUT2D eigenvalue weighted by Gasteiger charge is -2.36. The maximum Gasteiger partial charge on any atom is 0.232 e. The van der Waals surface area contributed by atoms with E-state index in [-0.39, 0.29) is 6.10 Å². The zero-order chi connectivity index (χ0) is 20.9. The van der Waals surface area contributed by atoms with Crippen LogP contribution in [0.2, 0.25) is 0 Å². The first-order valence-corrected chi connectivity index (χ1v) is 12.0. The van der Waals surface area contributed by atoms with Gasteiger partial charge in [-0.3, -0.25) is 0 Å². The molecule has 0 spiro atoms. The quantitative estimate of drug-likeness (QED) is 0.686. The summed E-state index contributed by atoms with van der Waals surface area (Å²) in [7, 11) is 0. The van der Waals surface area contributed by atoms with E-state index in [4.69, 9.17) is 26.9 Å². The first-order chi connectivity index (χ1) is 14.6. The minimum atomic E-state index is 0.247. The van der Waals surface area contributed by atoms with E-state index in [0.717, 1.165) is 63.8 Å². The van der Waals surface area contributed by atoms with Gasteiger partial charge in [0.15, 0.2) is 5.11 Å². The summed E-state index contributed by atoms with van der Waals surface area (Å²) >= 11 is 5.52. The molecule has 7 nitrogen and oxygen atoms in total. The van der Waals surface area contributed by atoms with Gasteiger partial charge < -0.3 is 25.2 Å². The molecule has 3 aliphatic heterocycles. The molecule has 3 fully saturated rings. The highest BCUT2D eigenvalue weighted by Gasteiger charge is 2.25. The van der Waals surface area contributed by atoms with Crippen molar-refractivity contribution in [1.29, 1.82) is 0 Å². The van der Waals surface area contributed by atoms with Crippen LogP contribution in [-0.2, 0) is 4.74 Å². The van der Waals surface area contributed by atoms with Crippen molar-refractivity contribution in [2.75, 3.05) is 54.4 Å². The summed E-state index contributed by atoms with van der Waals surface area (Å²) < 4.78 is 5.68. The van der Waals surface area contributed by atoms with Gasteiger partial charge in [-0.2, -0.15) is 9.97 Å². The van der Waals surface area contributed by atoms with Crippen molar-refractivity contribution in [3.05, 3.63) is 6.07 Å². The topological polar surface area (TPSA) is 65.5 Å². The lowest BCUT2D eigenvalue weighted by molar-refractivity contribution is 0.114. The standard InChI is InChI=1S/C22H36N6OS/c1-16-11-17(2)15-28(14-16)20-12-19(27-8-4-3-5-9-27)24-21(25-20)26-22(30)23-13-18-7-6-10-29-18/h12,16-18H,3-11,13-15H2,1-2H3,(H2,23,24,25,26,30)/t16-,17-,18-/m1/s1. The van der Waals surface area contributed by atoms with E-state index in [1.54, 1.807) is 0 Å². The zero-order valence-electron chi connectivity index (χ0n) is 18.4. The number of nitrogens with one attached hydrogen (secondary N) is 2. The number of hydrogen-bond donors (Lipinski definition) is 2. The number of nitrogens with zero attached hydrogens (tertiary/aromatic N) is 4. The highest BCUT2D eigenvalue weighted by atomic mass is 32.1. The molecular weight excluding hydrogens is 396 g/mol. The number of hydrogen-bond acceptors (Lipinski definition) is 6. The van der Waals surface area contributed by atoms with Crippen LogP contribution < -0.4 is 20.4 Å². The molecule has 2 N–H and O–H groups in total. The number of rotatable bonds is 5. The third kappa shape index (κ3) is 5.72. The lowest BCUT2D eigenvalue weighted by atomic mass is 9.92. The van der Waals surface area contributed by atoms with Crippen molar-refractivity contribution in [2.24, 2.45) is 11.8 Å². The maximum absolute atomic E-state index is 5.68. The van der Waals surface area contributed by atoms with E-state index >= 15 is 0 Å². The molecule has 8 heteroatoms. The minimum absolute atomic E-state index is 0.247. The van der Waals surface area contributed by atoms with Gasteiger partial charge in [0, 0.05) is 45.4 Å². The molecule has 3 atom stereocenters. The first-order valence-electron chi connectivity index (χ1n) is 11.6. The largest absolute Gasteiger partial charge is 0.376 e. The highest BCUT2D eigenvalue weighted by Crippen LogP contribution is 2.29. The fourth-order valence-corrected chi connectivity index (χ4v) is 5.11. The van der Waals surface area contributed by atoms with E-state index in [1.807, 2.05) is 0 Å². The average molecular weight is 433 g/mol. The first kappa shape index (κ1) is 21.6.